The van der Waals surface area contributed by atoms with Crippen LogP contribution in [0.15, 0.2) is 24.3 Å². The molecule has 88 valence electrons. The van der Waals surface area contributed by atoms with E-state index in [2.05, 4.69) is 29.2 Å². The average molecular weight is 220 g/mol. The SMILES string of the molecule is CC(O)CN1CCc2ccccc2C1CN. The van der Waals surface area contributed by atoms with Crippen LogP contribution in [0.5, 0.6) is 0 Å². The Morgan fingerprint density at radius 2 is 2.25 bits per heavy atom. The molecule has 1 aromatic rings. The predicted molar refractivity (Wildman–Crippen MR) is 65.2 cm³/mol. The smallest absolute Gasteiger partial charge is 0.0639 e. The van der Waals surface area contributed by atoms with Gasteiger partial charge in [-0.2, -0.15) is 0 Å². The second-order valence-corrected chi connectivity index (χ2v) is 4.54. The second kappa shape index (κ2) is 4.95. The van der Waals surface area contributed by atoms with Crippen LogP contribution in [0.4, 0.5) is 0 Å². The van der Waals surface area contributed by atoms with E-state index in [9.17, 15) is 5.11 Å². The van der Waals surface area contributed by atoms with Crippen LogP contribution in [-0.2, 0) is 6.42 Å². The van der Waals surface area contributed by atoms with E-state index in [-0.39, 0.29) is 12.1 Å². The maximum atomic E-state index is 9.48. The standard InChI is InChI=1S/C13H20N2O/c1-10(16)9-15-7-6-11-4-2-3-5-12(11)13(15)8-14/h2-5,10,13,16H,6-9,14H2,1H3. The Bertz CT molecular complexity index is 352. The lowest BCUT2D eigenvalue weighted by atomic mass is 9.92. The van der Waals surface area contributed by atoms with Crippen LogP contribution in [0.3, 0.4) is 0 Å². The zero-order chi connectivity index (χ0) is 11.5. The zero-order valence-corrected chi connectivity index (χ0v) is 9.76. The molecule has 3 nitrogen and oxygen atoms in total. The molecule has 1 aromatic carbocycles. The third-order valence-electron chi connectivity index (χ3n) is 3.25. The molecule has 16 heavy (non-hydrogen) atoms. The molecule has 3 N–H and O–H groups in total. The van der Waals surface area contributed by atoms with Crippen molar-refractivity contribution in [2.75, 3.05) is 19.6 Å². The van der Waals surface area contributed by atoms with Gasteiger partial charge in [0, 0.05) is 25.7 Å². The van der Waals surface area contributed by atoms with Gasteiger partial charge in [-0.3, -0.25) is 4.90 Å². The van der Waals surface area contributed by atoms with Crippen molar-refractivity contribution in [3.05, 3.63) is 35.4 Å². The largest absolute Gasteiger partial charge is 0.392 e. The summed E-state index contributed by atoms with van der Waals surface area (Å²) in [4.78, 5) is 2.28. The normalized spacial score (nSPS) is 22.8. The van der Waals surface area contributed by atoms with Gasteiger partial charge in [0.2, 0.25) is 0 Å². The maximum absolute atomic E-state index is 9.48. The van der Waals surface area contributed by atoms with Crippen molar-refractivity contribution in [3.63, 3.8) is 0 Å². The first-order valence-corrected chi connectivity index (χ1v) is 5.92. The van der Waals surface area contributed by atoms with Gasteiger partial charge >= 0.3 is 0 Å². The average Bonchev–Trinajstić information content (AvgIpc) is 2.28. The summed E-state index contributed by atoms with van der Waals surface area (Å²) >= 11 is 0. The third-order valence-corrected chi connectivity index (χ3v) is 3.25. The third kappa shape index (κ3) is 2.26. The molecule has 0 saturated heterocycles. The number of benzene rings is 1. The van der Waals surface area contributed by atoms with Crippen LogP contribution in [0.1, 0.15) is 24.1 Å². The highest BCUT2D eigenvalue weighted by atomic mass is 16.3. The molecule has 0 aromatic heterocycles. The lowest BCUT2D eigenvalue weighted by molar-refractivity contribution is 0.0946. The molecular formula is C13H20N2O. The summed E-state index contributed by atoms with van der Waals surface area (Å²) in [6.45, 7) is 4.14. The molecule has 0 amide bonds. The summed E-state index contributed by atoms with van der Waals surface area (Å²) in [6.07, 6.45) is 0.763. The van der Waals surface area contributed by atoms with Crippen molar-refractivity contribution in [1.82, 2.24) is 4.90 Å². The molecule has 0 radical (unpaired) electrons. The fraction of sp³-hybridized carbons (Fsp3) is 0.538. The number of β-amino-alcohol motifs (C(OH)–C–C–N with tert-alkyl or cyclic N) is 1. The number of rotatable bonds is 3. The first-order valence-electron chi connectivity index (χ1n) is 5.92. The molecule has 2 atom stereocenters. The van der Waals surface area contributed by atoms with Crippen molar-refractivity contribution in [2.45, 2.75) is 25.5 Å². The van der Waals surface area contributed by atoms with Crippen LogP contribution in [0, 0.1) is 0 Å². The quantitative estimate of drug-likeness (QED) is 0.796. The predicted octanol–water partition coefficient (Wildman–Crippen LogP) is 0.925. The van der Waals surface area contributed by atoms with Crippen molar-refractivity contribution in [3.8, 4) is 0 Å². The molecule has 2 unspecified atom stereocenters. The topological polar surface area (TPSA) is 49.5 Å². The molecule has 1 heterocycles. The number of fused-ring (bicyclic) bond motifs is 1. The van der Waals surface area contributed by atoms with E-state index in [1.807, 2.05) is 6.92 Å². The molecule has 1 aliphatic rings. The Morgan fingerprint density at radius 1 is 1.50 bits per heavy atom. The van der Waals surface area contributed by atoms with Gasteiger partial charge in [0.05, 0.1) is 6.10 Å². The fourth-order valence-corrected chi connectivity index (χ4v) is 2.54. The van der Waals surface area contributed by atoms with Crippen molar-refractivity contribution >= 4 is 0 Å². The molecule has 0 fully saturated rings. The van der Waals surface area contributed by atoms with E-state index >= 15 is 0 Å². The number of aliphatic hydroxyl groups is 1. The highest BCUT2D eigenvalue weighted by Gasteiger charge is 2.26. The van der Waals surface area contributed by atoms with Gasteiger partial charge in [0.1, 0.15) is 0 Å². The Balaban J connectivity index is 2.23. The molecular weight excluding hydrogens is 200 g/mol. The van der Waals surface area contributed by atoms with Crippen LogP contribution < -0.4 is 5.73 Å². The van der Waals surface area contributed by atoms with Crippen LogP contribution in [0.2, 0.25) is 0 Å². The van der Waals surface area contributed by atoms with Crippen molar-refractivity contribution < 1.29 is 5.11 Å². The van der Waals surface area contributed by atoms with E-state index in [0.717, 1.165) is 13.0 Å². The van der Waals surface area contributed by atoms with Gasteiger partial charge < -0.3 is 10.8 Å². The lowest BCUT2D eigenvalue weighted by Crippen LogP contribution is -2.42. The van der Waals surface area contributed by atoms with Crippen molar-refractivity contribution in [2.24, 2.45) is 5.73 Å². The highest BCUT2D eigenvalue weighted by Crippen LogP contribution is 2.28. The fourth-order valence-electron chi connectivity index (χ4n) is 2.54. The maximum Gasteiger partial charge on any atom is 0.0639 e. The van der Waals surface area contributed by atoms with Crippen LogP contribution >= 0.6 is 0 Å². The minimum Gasteiger partial charge on any atom is -0.392 e. The molecule has 0 bridgehead atoms. The monoisotopic (exact) mass is 220 g/mol. The lowest BCUT2D eigenvalue weighted by Gasteiger charge is -2.37. The first-order chi connectivity index (χ1) is 7.72. The summed E-state index contributed by atoms with van der Waals surface area (Å²) in [5.74, 6) is 0. The van der Waals surface area contributed by atoms with Gasteiger partial charge in [-0.05, 0) is 24.5 Å². The number of hydrogen-bond acceptors (Lipinski definition) is 3. The highest BCUT2D eigenvalue weighted by molar-refractivity contribution is 5.32. The van der Waals surface area contributed by atoms with E-state index < -0.39 is 0 Å². The molecule has 0 spiro atoms. The molecule has 3 heteroatoms. The minimum absolute atomic E-state index is 0.263. The van der Waals surface area contributed by atoms with Crippen LogP contribution in [-0.4, -0.2) is 35.7 Å². The summed E-state index contributed by atoms with van der Waals surface area (Å²) in [5.41, 5.74) is 8.59. The summed E-state index contributed by atoms with van der Waals surface area (Å²) in [5, 5.41) is 9.48. The Kier molecular flexibility index (Phi) is 3.59. The van der Waals surface area contributed by atoms with E-state index in [0.29, 0.717) is 13.1 Å². The van der Waals surface area contributed by atoms with Crippen molar-refractivity contribution in [1.29, 1.82) is 0 Å². The second-order valence-electron chi connectivity index (χ2n) is 4.54. The van der Waals surface area contributed by atoms with Gasteiger partial charge in [0.25, 0.3) is 0 Å². The summed E-state index contributed by atoms with van der Waals surface area (Å²) in [7, 11) is 0. The Hall–Kier alpha value is -0.900. The Labute approximate surface area is 96.9 Å². The summed E-state index contributed by atoms with van der Waals surface area (Å²) < 4.78 is 0. The molecule has 0 aliphatic carbocycles. The minimum atomic E-state index is -0.292. The summed E-state index contributed by atoms with van der Waals surface area (Å²) in [6, 6.07) is 8.74. The molecule has 2 rings (SSSR count). The number of hydrogen-bond donors (Lipinski definition) is 2. The van der Waals surface area contributed by atoms with Gasteiger partial charge in [-0.25, -0.2) is 0 Å². The number of nitrogens with zero attached hydrogens (tertiary/aromatic N) is 1. The number of nitrogens with two attached hydrogens (primary N) is 1. The van der Waals surface area contributed by atoms with Gasteiger partial charge in [-0.1, -0.05) is 24.3 Å². The Morgan fingerprint density at radius 3 is 2.94 bits per heavy atom. The molecule has 0 saturated carbocycles. The number of aliphatic hydroxyl groups excluding tert-OH is 1. The first kappa shape index (κ1) is 11.6. The van der Waals surface area contributed by atoms with E-state index in [4.69, 9.17) is 5.73 Å². The van der Waals surface area contributed by atoms with Crippen LogP contribution in [0.25, 0.3) is 0 Å². The van der Waals surface area contributed by atoms with Gasteiger partial charge in [0.15, 0.2) is 0 Å². The van der Waals surface area contributed by atoms with Gasteiger partial charge in [-0.15, -0.1) is 0 Å². The van der Waals surface area contributed by atoms with E-state index in [1.165, 1.54) is 11.1 Å². The van der Waals surface area contributed by atoms with E-state index in [1.54, 1.807) is 0 Å². The zero-order valence-electron chi connectivity index (χ0n) is 9.76. The molecule has 1 aliphatic heterocycles.